The van der Waals surface area contributed by atoms with Crippen LogP contribution in [-0.2, 0) is 12.8 Å². The first kappa shape index (κ1) is 14.1. The summed E-state index contributed by atoms with van der Waals surface area (Å²) in [6, 6.07) is 9.27. The van der Waals surface area contributed by atoms with Crippen LogP contribution >= 0.6 is 0 Å². The Hall–Kier alpha value is -1.83. The zero-order chi connectivity index (χ0) is 15.0. The van der Waals surface area contributed by atoms with Gasteiger partial charge in [0.05, 0.1) is 6.04 Å². The highest BCUT2D eigenvalue weighted by Gasteiger charge is 2.15. The molecule has 1 aliphatic rings. The van der Waals surface area contributed by atoms with Gasteiger partial charge in [0, 0.05) is 17.1 Å². The second-order valence-corrected chi connectivity index (χ2v) is 6.28. The summed E-state index contributed by atoms with van der Waals surface area (Å²) >= 11 is 0. The molecular weight excluding hydrogens is 256 g/mol. The topological polar surface area (TPSA) is 24.9 Å². The Kier molecular flexibility index (Phi) is 3.71. The summed E-state index contributed by atoms with van der Waals surface area (Å²) in [6.07, 6.45) is 3.77. The Labute approximate surface area is 127 Å². The highest BCUT2D eigenvalue weighted by molar-refractivity contribution is 5.52. The number of nitrogens with zero attached hydrogens (tertiary/aromatic N) is 1. The number of fused-ring (bicyclic) bond motifs is 1. The largest absolute Gasteiger partial charge is 0.378 e. The second-order valence-electron chi connectivity index (χ2n) is 6.28. The SMILES string of the molecule is Cc1cc(C)c(C(C)Nc2ccc3c(c2)CCC3)c(C)n1. The van der Waals surface area contributed by atoms with Gasteiger partial charge >= 0.3 is 0 Å². The standard InChI is InChI=1S/C19H24N2/c1-12-10-13(2)20-14(3)19(12)15(4)21-18-9-8-16-6-5-7-17(16)11-18/h8-11,15,21H,5-7H2,1-4H3. The molecule has 0 saturated heterocycles. The van der Waals surface area contributed by atoms with Gasteiger partial charge in [-0.1, -0.05) is 6.07 Å². The van der Waals surface area contributed by atoms with E-state index in [0.717, 1.165) is 11.4 Å². The first-order valence-electron chi connectivity index (χ1n) is 7.87. The van der Waals surface area contributed by atoms with E-state index in [0.29, 0.717) is 0 Å². The highest BCUT2D eigenvalue weighted by atomic mass is 14.9. The van der Waals surface area contributed by atoms with Crippen LogP contribution in [0.5, 0.6) is 0 Å². The molecule has 2 aromatic rings. The summed E-state index contributed by atoms with van der Waals surface area (Å²) in [5.41, 5.74) is 9.14. The maximum atomic E-state index is 4.61. The molecule has 0 radical (unpaired) electrons. The van der Waals surface area contributed by atoms with Crippen LogP contribution in [0.25, 0.3) is 0 Å². The van der Waals surface area contributed by atoms with E-state index in [4.69, 9.17) is 0 Å². The Balaban J connectivity index is 1.85. The van der Waals surface area contributed by atoms with Crippen molar-refractivity contribution in [2.75, 3.05) is 5.32 Å². The number of hydrogen-bond acceptors (Lipinski definition) is 2. The van der Waals surface area contributed by atoms with Crippen LogP contribution in [0.15, 0.2) is 24.3 Å². The van der Waals surface area contributed by atoms with E-state index in [1.165, 1.54) is 47.2 Å². The van der Waals surface area contributed by atoms with Gasteiger partial charge in [-0.3, -0.25) is 4.98 Å². The van der Waals surface area contributed by atoms with Gasteiger partial charge in [0.25, 0.3) is 0 Å². The molecular formula is C19H24N2. The van der Waals surface area contributed by atoms with Crippen molar-refractivity contribution in [3.05, 3.63) is 57.9 Å². The zero-order valence-electron chi connectivity index (χ0n) is 13.5. The van der Waals surface area contributed by atoms with Gasteiger partial charge in [-0.05, 0) is 87.4 Å². The minimum Gasteiger partial charge on any atom is -0.378 e. The molecule has 3 rings (SSSR count). The molecule has 0 amide bonds. The summed E-state index contributed by atoms with van der Waals surface area (Å²) in [7, 11) is 0. The van der Waals surface area contributed by atoms with Crippen LogP contribution in [0, 0.1) is 20.8 Å². The minimum atomic E-state index is 0.276. The van der Waals surface area contributed by atoms with E-state index in [2.05, 4.69) is 62.3 Å². The van der Waals surface area contributed by atoms with Gasteiger partial charge in [-0.2, -0.15) is 0 Å². The highest BCUT2D eigenvalue weighted by Crippen LogP contribution is 2.28. The van der Waals surface area contributed by atoms with Crippen LogP contribution in [0.4, 0.5) is 5.69 Å². The molecule has 1 aromatic carbocycles. The van der Waals surface area contributed by atoms with Crippen molar-refractivity contribution in [1.82, 2.24) is 4.98 Å². The number of hydrogen-bond donors (Lipinski definition) is 1. The van der Waals surface area contributed by atoms with Gasteiger partial charge in [0.15, 0.2) is 0 Å². The predicted octanol–water partition coefficient (Wildman–Crippen LogP) is 4.67. The summed E-state index contributed by atoms with van der Waals surface area (Å²) < 4.78 is 0. The van der Waals surface area contributed by atoms with Crippen molar-refractivity contribution in [1.29, 1.82) is 0 Å². The molecule has 2 nitrogen and oxygen atoms in total. The van der Waals surface area contributed by atoms with E-state index in [1.54, 1.807) is 0 Å². The monoisotopic (exact) mass is 280 g/mol. The van der Waals surface area contributed by atoms with E-state index < -0.39 is 0 Å². The number of pyridine rings is 1. The van der Waals surface area contributed by atoms with Crippen molar-refractivity contribution in [2.24, 2.45) is 0 Å². The van der Waals surface area contributed by atoms with Crippen LogP contribution < -0.4 is 5.32 Å². The van der Waals surface area contributed by atoms with Crippen LogP contribution in [0.1, 0.15) is 53.0 Å². The third kappa shape index (κ3) is 2.80. The molecule has 1 aliphatic carbocycles. The van der Waals surface area contributed by atoms with Crippen LogP contribution in [0.3, 0.4) is 0 Å². The molecule has 0 fully saturated rings. The maximum absolute atomic E-state index is 4.61. The third-order valence-corrected chi connectivity index (χ3v) is 4.50. The van der Waals surface area contributed by atoms with E-state index in [-0.39, 0.29) is 6.04 Å². The molecule has 1 atom stereocenters. The van der Waals surface area contributed by atoms with Crippen molar-refractivity contribution in [2.45, 2.75) is 53.0 Å². The fourth-order valence-corrected chi connectivity index (χ4v) is 3.67. The molecule has 1 heterocycles. The van der Waals surface area contributed by atoms with Gasteiger partial charge in [0.1, 0.15) is 0 Å². The average Bonchev–Trinajstić information content (AvgIpc) is 2.84. The quantitative estimate of drug-likeness (QED) is 0.884. The molecule has 2 heteroatoms. The number of benzene rings is 1. The lowest BCUT2D eigenvalue weighted by atomic mass is 10.00. The summed E-state index contributed by atoms with van der Waals surface area (Å²) in [5, 5.41) is 3.65. The molecule has 21 heavy (non-hydrogen) atoms. The minimum absolute atomic E-state index is 0.276. The van der Waals surface area contributed by atoms with Gasteiger partial charge in [0.2, 0.25) is 0 Å². The van der Waals surface area contributed by atoms with Crippen LogP contribution in [-0.4, -0.2) is 4.98 Å². The molecule has 1 N–H and O–H groups in total. The fourth-order valence-electron chi connectivity index (χ4n) is 3.67. The van der Waals surface area contributed by atoms with Gasteiger partial charge < -0.3 is 5.32 Å². The summed E-state index contributed by atoms with van der Waals surface area (Å²) in [6.45, 7) is 8.57. The number of rotatable bonds is 3. The smallest absolute Gasteiger partial charge is 0.0506 e. The van der Waals surface area contributed by atoms with Crippen molar-refractivity contribution < 1.29 is 0 Å². The molecule has 0 aliphatic heterocycles. The Morgan fingerprint density at radius 3 is 2.57 bits per heavy atom. The normalized spacial score (nSPS) is 14.9. The molecule has 0 spiro atoms. The van der Waals surface area contributed by atoms with E-state index in [1.807, 2.05) is 0 Å². The molecule has 0 bridgehead atoms. The first-order chi connectivity index (χ1) is 10.0. The van der Waals surface area contributed by atoms with Crippen molar-refractivity contribution >= 4 is 5.69 Å². The lowest BCUT2D eigenvalue weighted by Gasteiger charge is -2.20. The molecule has 0 saturated carbocycles. The Bertz CT molecular complexity index is 650. The molecule has 110 valence electrons. The fraction of sp³-hybridized carbons (Fsp3) is 0.421. The predicted molar refractivity (Wildman–Crippen MR) is 89.0 cm³/mol. The lowest BCUT2D eigenvalue weighted by molar-refractivity contribution is 0.842. The molecule has 1 aromatic heterocycles. The van der Waals surface area contributed by atoms with Gasteiger partial charge in [-0.15, -0.1) is 0 Å². The zero-order valence-corrected chi connectivity index (χ0v) is 13.5. The Morgan fingerprint density at radius 2 is 1.81 bits per heavy atom. The van der Waals surface area contributed by atoms with Crippen molar-refractivity contribution in [3.8, 4) is 0 Å². The first-order valence-corrected chi connectivity index (χ1v) is 7.87. The van der Waals surface area contributed by atoms with E-state index >= 15 is 0 Å². The molecule has 1 unspecified atom stereocenters. The van der Waals surface area contributed by atoms with E-state index in [9.17, 15) is 0 Å². The number of aryl methyl sites for hydroxylation is 5. The van der Waals surface area contributed by atoms with Gasteiger partial charge in [-0.25, -0.2) is 0 Å². The summed E-state index contributed by atoms with van der Waals surface area (Å²) in [5.74, 6) is 0. The van der Waals surface area contributed by atoms with Crippen molar-refractivity contribution in [3.63, 3.8) is 0 Å². The number of aromatic nitrogens is 1. The third-order valence-electron chi connectivity index (χ3n) is 4.50. The average molecular weight is 280 g/mol. The maximum Gasteiger partial charge on any atom is 0.0506 e. The second kappa shape index (κ2) is 5.51. The van der Waals surface area contributed by atoms with Crippen LogP contribution in [0.2, 0.25) is 0 Å². The summed E-state index contributed by atoms with van der Waals surface area (Å²) in [4.78, 5) is 4.61. The lowest BCUT2D eigenvalue weighted by Crippen LogP contribution is -2.11. The number of anilines is 1. The number of nitrogens with one attached hydrogen (secondary N) is 1. The Morgan fingerprint density at radius 1 is 1.05 bits per heavy atom.